The van der Waals surface area contributed by atoms with Crippen molar-refractivity contribution in [1.82, 2.24) is 14.9 Å². The van der Waals surface area contributed by atoms with Gasteiger partial charge in [-0.25, -0.2) is 15.8 Å². The van der Waals surface area contributed by atoms with Gasteiger partial charge < -0.3 is 20.4 Å². The van der Waals surface area contributed by atoms with Gasteiger partial charge in [0.1, 0.15) is 18.0 Å². The van der Waals surface area contributed by atoms with Gasteiger partial charge in [0.2, 0.25) is 0 Å². The Morgan fingerprint density at radius 2 is 2.28 bits per heavy atom. The molecule has 2 heterocycles. The number of anilines is 2. The average molecular weight is 252 g/mol. The normalized spacial score (nSPS) is 20.7. The maximum absolute atomic E-state index is 5.68. The summed E-state index contributed by atoms with van der Waals surface area (Å²) in [6.07, 6.45) is 1.67. The number of nitrogens with two attached hydrogens (primary N) is 1. The lowest BCUT2D eigenvalue weighted by Crippen LogP contribution is -2.43. The lowest BCUT2D eigenvalue weighted by molar-refractivity contribution is -0.0117. The Bertz CT molecular complexity index is 399. The number of likely N-dealkylation sites (N-methyl/N-ethyl adjacent to an activating group) is 1. The van der Waals surface area contributed by atoms with Crippen LogP contribution in [0.15, 0.2) is 6.33 Å². The summed E-state index contributed by atoms with van der Waals surface area (Å²) < 4.78 is 5.68. The van der Waals surface area contributed by atoms with Crippen molar-refractivity contribution < 1.29 is 4.74 Å². The van der Waals surface area contributed by atoms with Crippen LogP contribution >= 0.6 is 0 Å². The highest BCUT2D eigenvalue weighted by Crippen LogP contribution is 2.17. The predicted molar refractivity (Wildman–Crippen MR) is 70.3 cm³/mol. The fraction of sp³-hybridized carbons (Fsp3) is 0.636. The Labute approximate surface area is 107 Å². The molecule has 0 bridgehead atoms. The third-order valence-electron chi connectivity index (χ3n) is 3.06. The minimum atomic E-state index is 0.187. The maximum Gasteiger partial charge on any atom is 0.148 e. The number of hydrogen-bond acceptors (Lipinski definition) is 7. The average Bonchev–Trinajstić information content (AvgIpc) is 2.38. The first-order chi connectivity index (χ1) is 8.70. The van der Waals surface area contributed by atoms with Crippen LogP contribution in [0.5, 0.6) is 0 Å². The first-order valence-electron chi connectivity index (χ1n) is 6.03. The van der Waals surface area contributed by atoms with Gasteiger partial charge in [0.25, 0.3) is 0 Å². The highest BCUT2D eigenvalue weighted by molar-refractivity contribution is 5.55. The number of hydrogen-bond donors (Lipinski definition) is 3. The van der Waals surface area contributed by atoms with E-state index >= 15 is 0 Å². The van der Waals surface area contributed by atoms with Gasteiger partial charge in [-0.2, -0.15) is 0 Å². The molecule has 1 aliphatic rings. The summed E-state index contributed by atoms with van der Waals surface area (Å²) in [6.45, 7) is 5.35. The van der Waals surface area contributed by atoms with Crippen LogP contribution in [0, 0.1) is 6.92 Å². The third kappa shape index (κ3) is 3.06. The van der Waals surface area contributed by atoms with Gasteiger partial charge in [0.15, 0.2) is 0 Å². The van der Waals surface area contributed by atoms with Gasteiger partial charge in [-0.1, -0.05) is 0 Å². The minimum Gasteiger partial charge on any atom is -0.374 e. The summed E-state index contributed by atoms with van der Waals surface area (Å²) >= 11 is 0. The maximum atomic E-state index is 5.68. The third-order valence-corrected chi connectivity index (χ3v) is 3.06. The summed E-state index contributed by atoms with van der Waals surface area (Å²) in [5, 5.41) is 3.28. The van der Waals surface area contributed by atoms with Gasteiger partial charge in [0.05, 0.1) is 12.7 Å². The molecular formula is C11H20N6O. The second kappa shape index (κ2) is 5.94. The van der Waals surface area contributed by atoms with E-state index in [-0.39, 0.29) is 6.10 Å². The highest BCUT2D eigenvalue weighted by Gasteiger charge is 2.18. The molecule has 1 aromatic heterocycles. The fourth-order valence-electron chi connectivity index (χ4n) is 1.97. The van der Waals surface area contributed by atoms with Crippen LogP contribution in [0.3, 0.4) is 0 Å². The molecule has 0 aliphatic carbocycles. The molecule has 0 aromatic carbocycles. The summed E-state index contributed by atoms with van der Waals surface area (Å²) in [5.41, 5.74) is 3.46. The van der Waals surface area contributed by atoms with Gasteiger partial charge in [-0.15, -0.1) is 0 Å². The molecule has 7 nitrogen and oxygen atoms in total. The van der Waals surface area contributed by atoms with Crippen LogP contribution in [-0.4, -0.2) is 54.3 Å². The van der Waals surface area contributed by atoms with Crippen molar-refractivity contribution >= 4 is 11.6 Å². The molecule has 0 amide bonds. The summed E-state index contributed by atoms with van der Waals surface area (Å²) in [4.78, 5) is 10.5. The number of nitrogens with zero attached hydrogens (tertiary/aromatic N) is 3. The van der Waals surface area contributed by atoms with E-state index in [4.69, 9.17) is 10.6 Å². The van der Waals surface area contributed by atoms with E-state index < -0.39 is 0 Å². The Kier molecular flexibility index (Phi) is 4.29. The molecule has 1 saturated heterocycles. The first kappa shape index (κ1) is 13.0. The molecule has 100 valence electrons. The molecule has 7 heteroatoms. The Morgan fingerprint density at radius 3 is 3.00 bits per heavy atom. The summed E-state index contributed by atoms with van der Waals surface area (Å²) in [6, 6.07) is 0. The number of rotatable bonds is 4. The lowest BCUT2D eigenvalue weighted by Gasteiger charge is -2.30. The van der Waals surface area contributed by atoms with Crippen molar-refractivity contribution in [3.63, 3.8) is 0 Å². The standard InChI is InChI=1S/C11H20N6O/c1-8-10(14-7-15-11(8)16-12)13-5-9-6-17(2)3-4-18-9/h7,9H,3-6,12H2,1-2H3,(H2,13,14,15,16). The van der Waals surface area contributed by atoms with Crippen LogP contribution in [0.4, 0.5) is 11.6 Å². The van der Waals surface area contributed by atoms with Crippen LogP contribution in [0.1, 0.15) is 5.56 Å². The Hall–Kier alpha value is -1.44. The van der Waals surface area contributed by atoms with Gasteiger partial charge >= 0.3 is 0 Å². The number of nitrogen functional groups attached to an aromatic ring is 1. The lowest BCUT2D eigenvalue weighted by atomic mass is 10.2. The topological polar surface area (TPSA) is 88.3 Å². The van der Waals surface area contributed by atoms with Crippen LogP contribution in [0.2, 0.25) is 0 Å². The largest absolute Gasteiger partial charge is 0.374 e. The number of aromatic nitrogens is 2. The predicted octanol–water partition coefficient (Wildman–Crippen LogP) is -0.187. The number of ether oxygens (including phenoxy) is 1. The zero-order valence-electron chi connectivity index (χ0n) is 10.8. The quantitative estimate of drug-likeness (QED) is 0.505. The van der Waals surface area contributed by atoms with Crippen LogP contribution in [0.25, 0.3) is 0 Å². The van der Waals surface area contributed by atoms with Crippen molar-refractivity contribution in [2.75, 3.05) is 44.0 Å². The van der Waals surface area contributed by atoms with Crippen molar-refractivity contribution in [3.8, 4) is 0 Å². The van der Waals surface area contributed by atoms with E-state index in [0.29, 0.717) is 5.82 Å². The Balaban J connectivity index is 1.93. The molecule has 0 spiro atoms. The molecule has 1 aromatic rings. The molecule has 0 radical (unpaired) electrons. The van der Waals surface area contributed by atoms with E-state index in [9.17, 15) is 0 Å². The van der Waals surface area contributed by atoms with Gasteiger partial charge in [-0.05, 0) is 14.0 Å². The number of hydrazine groups is 1. The Morgan fingerprint density at radius 1 is 1.50 bits per heavy atom. The first-order valence-corrected chi connectivity index (χ1v) is 6.03. The fourth-order valence-corrected chi connectivity index (χ4v) is 1.97. The van der Waals surface area contributed by atoms with Crippen molar-refractivity contribution in [1.29, 1.82) is 0 Å². The van der Waals surface area contributed by atoms with Gasteiger partial charge in [0, 0.05) is 25.2 Å². The second-order valence-corrected chi connectivity index (χ2v) is 4.48. The smallest absolute Gasteiger partial charge is 0.148 e. The summed E-state index contributed by atoms with van der Waals surface area (Å²) in [5.74, 6) is 6.80. The highest BCUT2D eigenvalue weighted by atomic mass is 16.5. The van der Waals surface area contributed by atoms with Crippen molar-refractivity contribution in [2.24, 2.45) is 5.84 Å². The van der Waals surface area contributed by atoms with E-state index in [1.54, 1.807) is 0 Å². The molecule has 1 atom stereocenters. The molecule has 0 saturated carbocycles. The van der Waals surface area contributed by atoms with E-state index in [2.05, 4.69) is 32.7 Å². The van der Waals surface area contributed by atoms with Crippen molar-refractivity contribution in [3.05, 3.63) is 11.9 Å². The minimum absolute atomic E-state index is 0.187. The number of morpholine rings is 1. The molecule has 1 aliphatic heterocycles. The van der Waals surface area contributed by atoms with E-state index in [1.165, 1.54) is 6.33 Å². The van der Waals surface area contributed by atoms with E-state index in [0.717, 1.165) is 37.6 Å². The van der Waals surface area contributed by atoms with Gasteiger partial charge in [-0.3, -0.25) is 0 Å². The van der Waals surface area contributed by atoms with Crippen molar-refractivity contribution in [2.45, 2.75) is 13.0 Å². The SMILES string of the molecule is Cc1c(NN)ncnc1NCC1CN(C)CCO1. The van der Waals surface area contributed by atoms with E-state index in [1.807, 2.05) is 6.92 Å². The second-order valence-electron chi connectivity index (χ2n) is 4.48. The molecule has 1 fully saturated rings. The number of nitrogens with one attached hydrogen (secondary N) is 2. The molecule has 1 unspecified atom stereocenters. The zero-order chi connectivity index (χ0) is 13.0. The van der Waals surface area contributed by atoms with Crippen LogP contribution < -0.4 is 16.6 Å². The monoisotopic (exact) mass is 252 g/mol. The molecular weight excluding hydrogens is 232 g/mol. The zero-order valence-corrected chi connectivity index (χ0v) is 10.8. The van der Waals surface area contributed by atoms with Crippen LogP contribution in [-0.2, 0) is 4.74 Å². The summed E-state index contributed by atoms with van der Waals surface area (Å²) in [7, 11) is 2.10. The molecule has 2 rings (SSSR count). The molecule has 18 heavy (non-hydrogen) atoms. The molecule has 4 N–H and O–H groups in total.